The molecule has 1 aromatic rings. The molecule has 1 saturated heterocycles. The number of hydrogen-bond acceptors (Lipinski definition) is 3. The Kier molecular flexibility index (Phi) is 5.23. The van der Waals surface area contributed by atoms with Gasteiger partial charge in [0, 0.05) is 25.4 Å². The largest absolute Gasteiger partial charge is 0.490 e. The van der Waals surface area contributed by atoms with Gasteiger partial charge in [0.1, 0.15) is 17.5 Å². The Bertz CT molecular complexity index is 562. The van der Waals surface area contributed by atoms with Gasteiger partial charge in [0.05, 0.1) is 0 Å². The van der Waals surface area contributed by atoms with E-state index in [1.54, 1.807) is 4.90 Å². The summed E-state index contributed by atoms with van der Waals surface area (Å²) in [6.07, 6.45) is 0.734. The summed E-state index contributed by atoms with van der Waals surface area (Å²) in [7, 11) is 0. The molecule has 2 atom stereocenters. The molecule has 1 aliphatic heterocycles. The van der Waals surface area contributed by atoms with Crippen molar-refractivity contribution in [1.29, 1.82) is 0 Å². The van der Waals surface area contributed by atoms with Crippen LogP contribution in [0.4, 0.5) is 4.79 Å². The van der Waals surface area contributed by atoms with Crippen LogP contribution in [-0.2, 0) is 4.74 Å². The fraction of sp³-hybridized carbons (Fsp3) is 0.632. The smallest absolute Gasteiger partial charge is 0.410 e. The third-order valence-corrected chi connectivity index (χ3v) is 4.24. The number of carbonyl (C=O) groups is 1. The van der Waals surface area contributed by atoms with E-state index in [-0.39, 0.29) is 18.1 Å². The molecular weight excluding hydrogens is 290 g/mol. The Labute approximate surface area is 139 Å². The molecule has 2 unspecified atom stereocenters. The van der Waals surface area contributed by atoms with Crippen molar-refractivity contribution in [1.82, 2.24) is 4.90 Å². The predicted octanol–water partition coefficient (Wildman–Crippen LogP) is 4.33. The highest BCUT2D eigenvalue weighted by Gasteiger charge is 2.32. The first-order valence-corrected chi connectivity index (χ1v) is 8.37. The van der Waals surface area contributed by atoms with Crippen LogP contribution in [-0.4, -0.2) is 35.8 Å². The number of likely N-dealkylation sites (tertiary alicyclic amines) is 1. The van der Waals surface area contributed by atoms with Crippen LogP contribution in [0.25, 0.3) is 0 Å². The summed E-state index contributed by atoms with van der Waals surface area (Å²) in [5, 5.41) is 0. The maximum Gasteiger partial charge on any atom is 0.410 e. The minimum absolute atomic E-state index is 0.135. The van der Waals surface area contributed by atoms with Crippen LogP contribution in [0.3, 0.4) is 0 Å². The van der Waals surface area contributed by atoms with Gasteiger partial charge in [-0.05, 0) is 57.9 Å². The van der Waals surface area contributed by atoms with Crippen LogP contribution < -0.4 is 4.74 Å². The number of piperidine rings is 1. The van der Waals surface area contributed by atoms with E-state index >= 15 is 0 Å². The molecule has 4 nitrogen and oxygen atoms in total. The summed E-state index contributed by atoms with van der Waals surface area (Å²) in [6, 6.07) is 6.20. The Morgan fingerprint density at radius 3 is 2.48 bits per heavy atom. The number of hydrogen-bond donors (Lipinski definition) is 0. The molecule has 2 rings (SSSR count). The molecule has 0 saturated carbocycles. The lowest BCUT2D eigenvalue weighted by molar-refractivity contribution is 0.000359. The summed E-state index contributed by atoms with van der Waals surface area (Å²) in [4.78, 5) is 14.0. The molecule has 1 amide bonds. The van der Waals surface area contributed by atoms with Crippen LogP contribution in [0, 0.1) is 19.8 Å². The van der Waals surface area contributed by atoms with E-state index in [2.05, 4.69) is 32.9 Å². The molecule has 0 bridgehead atoms. The second-order valence-electron chi connectivity index (χ2n) is 7.59. The summed E-state index contributed by atoms with van der Waals surface area (Å²) in [5.41, 5.74) is 2.05. The van der Waals surface area contributed by atoms with Crippen molar-refractivity contribution in [2.45, 2.75) is 59.7 Å². The molecule has 0 spiro atoms. The van der Waals surface area contributed by atoms with Crippen LogP contribution in [0.1, 0.15) is 45.2 Å². The number of benzene rings is 1. The standard InChI is InChI=1S/C19H29NO3/c1-13-7-8-16(11-14(13)2)22-17-9-10-20(12-15(17)3)18(21)23-19(4,5)6/h7-8,11,15,17H,9-10,12H2,1-6H3. The maximum absolute atomic E-state index is 12.2. The number of carbonyl (C=O) groups excluding carboxylic acids is 1. The van der Waals surface area contributed by atoms with E-state index < -0.39 is 5.60 Å². The number of ether oxygens (including phenoxy) is 2. The molecular formula is C19H29NO3. The molecule has 1 aliphatic rings. The van der Waals surface area contributed by atoms with E-state index in [0.29, 0.717) is 13.1 Å². The topological polar surface area (TPSA) is 38.8 Å². The van der Waals surface area contributed by atoms with Gasteiger partial charge in [-0.2, -0.15) is 0 Å². The Balaban J connectivity index is 1.93. The van der Waals surface area contributed by atoms with Gasteiger partial charge in [0.2, 0.25) is 0 Å². The van der Waals surface area contributed by atoms with Crippen LogP contribution in [0.15, 0.2) is 18.2 Å². The third-order valence-electron chi connectivity index (χ3n) is 4.24. The van der Waals surface area contributed by atoms with E-state index in [0.717, 1.165) is 12.2 Å². The fourth-order valence-electron chi connectivity index (χ4n) is 2.75. The molecule has 128 valence electrons. The normalized spacial score (nSPS) is 21.9. The van der Waals surface area contributed by atoms with Gasteiger partial charge in [-0.1, -0.05) is 13.0 Å². The highest BCUT2D eigenvalue weighted by molar-refractivity contribution is 5.68. The van der Waals surface area contributed by atoms with E-state index in [1.165, 1.54) is 11.1 Å². The lowest BCUT2D eigenvalue weighted by atomic mass is 9.96. The predicted molar refractivity (Wildman–Crippen MR) is 91.9 cm³/mol. The minimum atomic E-state index is -0.451. The zero-order valence-electron chi connectivity index (χ0n) is 15.2. The first-order valence-electron chi connectivity index (χ1n) is 8.37. The highest BCUT2D eigenvalue weighted by atomic mass is 16.6. The number of nitrogens with zero attached hydrogens (tertiary/aromatic N) is 1. The zero-order chi connectivity index (χ0) is 17.2. The zero-order valence-corrected chi connectivity index (χ0v) is 15.2. The number of rotatable bonds is 2. The van der Waals surface area contributed by atoms with Gasteiger partial charge in [0.25, 0.3) is 0 Å². The molecule has 4 heteroatoms. The lowest BCUT2D eigenvalue weighted by Gasteiger charge is -2.37. The minimum Gasteiger partial charge on any atom is -0.490 e. The van der Waals surface area contributed by atoms with Gasteiger partial charge < -0.3 is 14.4 Å². The van der Waals surface area contributed by atoms with Gasteiger partial charge in [-0.3, -0.25) is 0 Å². The molecule has 23 heavy (non-hydrogen) atoms. The van der Waals surface area contributed by atoms with E-state index in [9.17, 15) is 4.79 Å². The van der Waals surface area contributed by atoms with Gasteiger partial charge in [0.15, 0.2) is 0 Å². The van der Waals surface area contributed by atoms with Crippen LogP contribution in [0.2, 0.25) is 0 Å². The van der Waals surface area contributed by atoms with Crippen LogP contribution >= 0.6 is 0 Å². The summed E-state index contributed by atoms with van der Waals surface area (Å²) in [5.74, 6) is 1.19. The highest BCUT2D eigenvalue weighted by Crippen LogP contribution is 2.25. The van der Waals surface area contributed by atoms with Crippen molar-refractivity contribution in [3.63, 3.8) is 0 Å². The van der Waals surface area contributed by atoms with Crippen molar-refractivity contribution in [3.8, 4) is 5.75 Å². The average Bonchev–Trinajstić information content (AvgIpc) is 2.43. The molecule has 1 fully saturated rings. The molecule has 1 aromatic carbocycles. The van der Waals surface area contributed by atoms with Crippen molar-refractivity contribution < 1.29 is 14.3 Å². The third kappa shape index (κ3) is 4.88. The summed E-state index contributed by atoms with van der Waals surface area (Å²) >= 11 is 0. The average molecular weight is 319 g/mol. The Morgan fingerprint density at radius 1 is 1.22 bits per heavy atom. The van der Waals surface area contributed by atoms with Crippen molar-refractivity contribution in [2.24, 2.45) is 5.92 Å². The molecule has 0 aromatic heterocycles. The lowest BCUT2D eigenvalue weighted by Crippen LogP contribution is -2.48. The van der Waals surface area contributed by atoms with E-state index in [1.807, 2.05) is 26.8 Å². The number of aryl methyl sites for hydroxylation is 2. The van der Waals surface area contributed by atoms with Crippen molar-refractivity contribution in [2.75, 3.05) is 13.1 Å². The second-order valence-corrected chi connectivity index (χ2v) is 7.59. The van der Waals surface area contributed by atoms with E-state index in [4.69, 9.17) is 9.47 Å². The van der Waals surface area contributed by atoms with Crippen molar-refractivity contribution in [3.05, 3.63) is 29.3 Å². The first-order chi connectivity index (χ1) is 10.7. The number of amides is 1. The van der Waals surface area contributed by atoms with Crippen molar-refractivity contribution >= 4 is 6.09 Å². The molecule has 0 N–H and O–H groups in total. The molecule has 0 aliphatic carbocycles. The molecule has 1 heterocycles. The Hall–Kier alpha value is -1.71. The first kappa shape index (κ1) is 17.6. The van der Waals surface area contributed by atoms with Gasteiger partial charge in [-0.15, -0.1) is 0 Å². The monoisotopic (exact) mass is 319 g/mol. The van der Waals surface area contributed by atoms with Gasteiger partial charge >= 0.3 is 6.09 Å². The SMILES string of the molecule is Cc1ccc(OC2CCN(C(=O)OC(C)(C)C)CC2C)cc1C. The quantitative estimate of drug-likeness (QED) is 0.814. The van der Waals surface area contributed by atoms with Gasteiger partial charge in [-0.25, -0.2) is 4.79 Å². The summed E-state index contributed by atoms with van der Waals surface area (Å²) < 4.78 is 11.6. The Morgan fingerprint density at radius 2 is 1.91 bits per heavy atom. The maximum atomic E-state index is 12.2. The molecule has 0 radical (unpaired) electrons. The fourth-order valence-corrected chi connectivity index (χ4v) is 2.75. The van der Waals surface area contributed by atoms with Crippen LogP contribution in [0.5, 0.6) is 5.75 Å². The summed E-state index contributed by atoms with van der Waals surface area (Å²) in [6.45, 7) is 13.3. The second kappa shape index (κ2) is 6.81.